The first-order valence-corrected chi connectivity index (χ1v) is 6.07. The molecule has 0 aromatic heterocycles. The summed E-state index contributed by atoms with van der Waals surface area (Å²) in [6.45, 7) is 0.599. The number of carbonyl (C=O) groups excluding carboxylic acids is 1. The summed E-state index contributed by atoms with van der Waals surface area (Å²) >= 11 is 0. The smallest absolute Gasteiger partial charge is 0.327 e. The van der Waals surface area contributed by atoms with Crippen LogP contribution in [0.25, 0.3) is 0 Å². The molecule has 1 aromatic rings. The largest absolute Gasteiger partial charge is 0.368 e. The average molecular weight is 267 g/mol. The Bertz CT molecular complexity index is 507. The van der Waals surface area contributed by atoms with E-state index in [1.54, 1.807) is 0 Å². The second-order valence-electron chi connectivity index (χ2n) is 4.38. The number of nitro groups is 1. The summed E-state index contributed by atoms with van der Waals surface area (Å²) < 4.78 is 13.5. The van der Waals surface area contributed by atoms with Gasteiger partial charge in [0.15, 0.2) is 0 Å². The van der Waals surface area contributed by atoms with Gasteiger partial charge in [-0.15, -0.1) is 0 Å². The lowest BCUT2D eigenvalue weighted by Gasteiger charge is -2.16. The molecular formula is C12H14FN3O3. The van der Waals surface area contributed by atoms with E-state index in [1.807, 2.05) is 0 Å². The molecule has 19 heavy (non-hydrogen) atoms. The fourth-order valence-electron chi connectivity index (χ4n) is 2.08. The van der Waals surface area contributed by atoms with Crippen molar-refractivity contribution in [2.45, 2.75) is 25.3 Å². The number of halogens is 1. The summed E-state index contributed by atoms with van der Waals surface area (Å²) in [4.78, 5) is 21.8. The van der Waals surface area contributed by atoms with E-state index in [4.69, 9.17) is 0 Å². The van der Waals surface area contributed by atoms with Crippen LogP contribution in [-0.2, 0) is 4.79 Å². The Hall–Kier alpha value is -2.18. The third-order valence-corrected chi connectivity index (χ3v) is 3.03. The van der Waals surface area contributed by atoms with Crippen molar-refractivity contribution in [3.63, 3.8) is 0 Å². The Labute approximate surface area is 109 Å². The highest BCUT2D eigenvalue weighted by molar-refractivity contribution is 5.85. The first-order valence-electron chi connectivity index (χ1n) is 6.07. The van der Waals surface area contributed by atoms with Gasteiger partial charge in [0.2, 0.25) is 11.7 Å². The van der Waals surface area contributed by atoms with E-state index in [2.05, 4.69) is 10.6 Å². The normalized spacial score (nSPS) is 19.4. The number of nitro benzene ring substituents is 1. The lowest BCUT2D eigenvalue weighted by Crippen LogP contribution is -2.38. The number of anilines is 1. The van der Waals surface area contributed by atoms with Crippen LogP contribution < -0.4 is 10.6 Å². The number of hydrogen-bond acceptors (Lipinski definition) is 4. The van der Waals surface area contributed by atoms with E-state index in [1.165, 1.54) is 12.1 Å². The maximum atomic E-state index is 13.5. The second kappa shape index (κ2) is 5.64. The van der Waals surface area contributed by atoms with Crippen LogP contribution in [0.1, 0.15) is 19.3 Å². The first kappa shape index (κ1) is 13.3. The SMILES string of the molecule is O=C1NCCCC[C@@H]1Nc1cccc(F)c1[N+](=O)[O-]. The van der Waals surface area contributed by atoms with Gasteiger partial charge in [-0.1, -0.05) is 6.07 Å². The van der Waals surface area contributed by atoms with Gasteiger partial charge < -0.3 is 10.6 Å². The van der Waals surface area contributed by atoms with E-state index in [9.17, 15) is 19.3 Å². The van der Waals surface area contributed by atoms with Crippen LogP contribution in [0.15, 0.2) is 18.2 Å². The zero-order chi connectivity index (χ0) is 13.8. The molecule has 2 N–H and O–H groups in total. The first-order chi connectivity index (χ1) is 9.09. The molecule has 0 aliphatic carbocycles. The van der Waals surface area contributed by atoms with Gasteiger partial charge in [-0.2, -0.15) is 4.39 Å². The third kappa shape index (κ3) is 2.98. The number of para-hydroxylation sites is 1. The molecule has 6 nitrogen and oxygen atoms in total. The van der Waals surface area contributed by atoms with Crippen LogP contribution in [0, 0.1) is 15.9 Å². The van der Waals surface area contributed by atoms with E-state index < -0.39 is 22.5 Å². The maximum absolute atomic E-state index is 13.5. The Kier molecular flexibility index (Phi) is 3.94. The van der Waals surface area contributed by atoms with Crippen molar-refractivity contribution >= 4 is 17.3 Å². The summed E-state index contributed by atoms with van der Waals surface area (Å²) in [6.07, 6.45) is 2.27. The highest BCUT2D eigenvalue weighted by atomic mass is 19.1. The van der Waals surface area contributed by atoms with Crippen LogP contribution in [0.5, 0.6) is 0 Å². The molecule has 1 heterocycles. The van der Waals surface area contributed by atoms with Gasteiger partial charge in [-0.25, -0.2) is 0 Å². The zero-order valence-electron chi connectivity index (χ0n) is 10.2. The quantitative estimate of drug-likeness (QED) is 0.646. The molecule has 0 radical (unpaired) electrons. The van der Waals surface area contributed by atoms with Crippen molar-refractivity contribution in [1.82, 2.24) is 5.32 Å². The lowest BCUT2D eigenvalue weighted by atomic mass is 10.1. The number of benzene rings is 1. The standard InChI is InChI=1S/C12H14FN3O3/c13-8-4-3-6-9(11(8)16(18)19)15-10-5-1-2-7-14-12(10)17/h3-4,6,10,15H,1-2,5,7H2,(H,14,17)/t10-/m0/s1. The topological polar surface area (TPSA) is 84.3 Å². The Balaban J connectivity index is 2.25. The van der Waals surface area contributed by atoms with E-state index >= 15 is 0 Å². The summed E-state index contributed by atoms with van der Waals surface area (Å²) in [7, 11) is 0. The van der Waals surface area contributed by atoms with Crippen molar-refractivity contribution in [3.05, 3.63) is 34.1 Å². The fourth-order valence-corrected chi connectivity index (χ4v) is 2.08. The van der Waals surface area contributed by atoms with Crippen LogP contribution in [0.3, 0.4) is 0 Å². The molecule has 0 saturated carbocycles. The van der Waals surface area contributed by atoms with Gasteiger partial charge in [0.05, 0.1) is 4.92 Å². The van der Waals surface area contributed by atoms with Gasteiger partial charge in [0.25, 0.3) is 0 Å². The molecular weight excluding hydrogens is 253 g/mol. The molecule has 1 atom stereocenters. The fraction of sp³-hybridized carbons (Fsp3) is 0.417. The van der Waals surface area contributed by atoms with Crippen molar-refractivity contribution < 1.29 is 14.1 Å². The lowest BCUT2D eigenvalue weighted by molar-refractivity contribution is -0.386. The molecule has 1 aromatic carbocycles. The molecule has 1 saturated heterocycles. The van der Waals surface area contributed by atoms with Crippen LogP contribution >= 0.6 is 0 Å². The van der Waals surface area contributed by atoms with Crippen LogP contribution in [-0.4, -0.2) is 23.4 Å². The van der Waals surface area contributed by atoms with Crippen molar-refractivity contribution in [1.29, 1.82) is 0 Å². The molecule has 1 aliphatic rings. The number of hydrogen-bond donors (Lipinski definition) is 2. The minimum Gasteiger partial charge on any atom is -0.368 e. The monoisotopic (exact) mass is 267 g/mol. The van der Waals surface area contributed by atoms with Gasteiger partial charge in [0.1, 0.15) is 11.7 Å². The molecule has 1 fully saturated rings. The maximum Gasteiger partial charge on any atom is 0.327 e. The molecule has 1 amide bonds. The summed E-state index contributed by atoms with van der Waals surface area (Å²) in [5.41, 5.74) is -0.591. The highest BCUT2D eigenvalue weighted by Crippen LogP contribution is 2.28. The Morgan fingerprint density at radius 2 is 2.21 bits per heavy atom. The number of nitrogens with zero attached hydrogens (tertiary/aromatic N) is 1. The molecule has 1 aliphatic heterocycles. The van der Waals surface area contributed by atoms with Gasteiger partial charge >= 0.3 is 5.69 Å². The molecule has 0 spiro atoms. The van der Waals surface area contributed by atoms with Crippen molar-refractivity contribution in [2.75, 3.05) is 11.9 Å². The third-order valence-electron chi connectivity index (χ3n) is 3.03. The van der Waals surface area contributed by atoms with E-state index in [0.717, 1.165) is 18.9 Å². The predicted octanol–water partition coefficient (Wildman–Crippen LogP) is 1.81. The molecule has 7 heteroatoms. The van der Waals surface area contributed by atoms with Crippen molar-refractivity contribution in [2.24, 2.45) is 0 Å². The van der Waals surface area contributed by atoms with Crippen LogP contribution in [0.4, 0.5) is 15.8 Å². The molecule has 0 bridgehead atoms. The Morgan fingerprint density at radius 3 is 2.95 bits per heavy atom. The van der Waals surface area contributed by atoms with Crippen molar-refractivity contribution in [3.8, 4) is 0 Å². The summed E-state index contributed by atoms with van der Waals surface area (Å²) in [5.74, 6) is -1.12. The van der Waals surface area contributed by atoms with Gasteiger partial charge in [-0.3, -0.25) is 14.9 Å². The van der Waals surface area contributed by atoms with Gasteiger partial charge in [-0.05, 0) is 31.4 Å². The number of nitrogens with one attached hydrogen (secondary N) is 2. The molecule has 2 rings (SSSR count). The Morgan fingerprint density at radius 1 is 1.42 bits per heavy atom. The minimum atomic E-state index is -0.913. The minimum absolute atomic E-state index is 0.0343. The highest BCUT2D eigenvalue weighted by Gasteiger charge is 2.25. The predicted molar refractivity (Wildman–Crippen MR) is 67.3 cm³/mol. The molecule has 102 valence electrons. The van der Waals surface area contributed by atoms with E-state index in [0.29, 0.717) is 13.0 Å². The molecule has 0 unspecified atom stereocenters. The second-order valence-corrected chi connectivity index (χ2v) is 4.38. The summed E-state index contributed by atoms with van der Waals surface area (Å²) in [5, 5.41) is 16.3. The van der Waals surface area contributed by atoms with E-state index in [-0.39, 0.29) is 11.6 Å². The summed E-state index contributed by atoms with van der Waals surface area (Å²) in [6, 6.07) is 3.23. The number of carbonyl (C=O) groups is 1. The van der Waals surface area contributed by atoms with Crippen LogP contribution in [0.2, 0.25) is 0 Å². The average Bonchev–Trinajstić information content (AvgIpc) is 2.54. The number of rotatable bonds is 3. The number of amides is 1. The zero-order valence-corrected chi connectivity index (χ0v) is 10.2. The van der Waals surface area contributed by atoms with Gasteiger partial charge in [0, 0.05) is 6.54 Å².